The molecule has 9 heteroatoms. The largest absolute Gasteiger partial charge is 0.352 e. The quantitative estimate of drug-likeness (QED) is 0.671. The standard InChI is InChI=1S/C11H16N4O3S.ClH/c12-4-1-5-13-11(16)9-2-3-10-14-19(17,18)7-6-15(10)8-9;/h2-3,8H,1,4-7,12H2,(H,13,16);1H. The number of hydrogen-bond donors (Lipinski definition) is 2. The van der Waals surface area contributed by atoms with E-state index in [4.69, 9.17) is 5.73 Å². The maximum Gasteiger partial charge on any atom is 0.256 e. The molecule has 0 atom stereocenters. The molecular formula is C11H17ClN4O3S. The van der Waals surface area contributed by atoms with Gasteiger partial charge in [-0.15, -0.1) is 16.8 Å². The third-order valence-electron chi connectivity index (χ3n) is 2.75. The first-order valence-corrected chi connectivity index (χ1v) is 7.60. The van der Waals surface area contributed by atoms with E-state index in [1.807, 2.05) is 0 Å². The molecule has 2 aliphatic rings. The molecule has 0 unspecified atom stereocenters. The summed E-state index contributed by atoms with van der Waals surface area (Å²) in [6.07, 6.45) is 5.44. The fraction of sp³-hybridized carbons (Fsp3) is 0.455. The molecule has 2 aliphatic heterocycles. The predicted octanol–water partition coefficient (Wildman–Crippen LogP) is -0.629. The third-order valence-corrected chi connectivity index (χ3v) is 3.92. The van der Waals surface area contributed by atoms with Gasteiger partial charge in [0.2, 0.25) is 0 Å². The average Bonchev–Trinajstić information content (AvgIpc) is 2.37. The Morgan fingerprint density at radius 1 is 1.45 bits per heavy atom. The second-order valence-corrected chi connectivity index (χ2v) is 6.00. The summed E-state index contributed by atoms with van der Waals surface area (Å²) in [5, 5.41) is 2.74. The number of carbonyl (C=O) groups is 1. The van der Waals surface area contributed by atoms with Crippen LogP contribution < -0.4 is 11.1 Å². The molecule has 0 aromatic heterocycles. The van der Waals surface area contributed by atoms with Gasteiger partial charge in [-0.05, 0) is 25.1 Å². The summed E-state index contributed by atoms with van der Waals surface area (Å²) in [5.41, 5.74) is 5.83. The van der Waals surface area contributed by atoms with Crippen LogP contribution in [0.15, 0.2) is 28.3 Å². The second-order valence-electron chi connectivity index (χ2n) is 4.24. The number of fused-ring (bicyclic) bond motifs is 1. The second kappa shape index (κ2) is 6.87. The molecule has 0 saturated carbocycles. The van der Waals surface area contributed by atoms with Gasteiger partial charge in [0.15, 0.2) is 0 Å². The van der Waals surface area contributed by atoms with Crippen molar-refractivity contribution in [1.82, 2.24) is 10.2 Å². The van der Waals surface area contributed by atoms with E-state index in [2.05, 4.69) is 9.71 Å². The van der Waals surface area contributed by atoms with E-state index < -0.39 is 10.0 Å². The topological polar surface area (TPSA) is 105 Å². The van der Waals surface area contributed by atoms with Gasteiger partial charge < -0.3 is 16.0 Å². The van der Waals surface area contributed by atoms with E-state index >= 15 is 0 Å². The van der Waals surface area contributed by atoms with Crippen LogP contribution in [-0.2, 0) is 14.8 Å². The molecular weight excluding hydrogens is 304 g/mol. The summed E-state index contributed by atoms with van der Waals surface area (Å²) in [4.78, 5) is 13.5. The zero-order chi connectivity index (χ0) is 13.9. The molecule has 0 saturated heterocycles. The summed E-state index contributed by atoms with van der Waals surface area (Å²) in [7, 11) is -3.36. The van der Waals surface area contributed by atoms with Crippen LogP contribution in [0.3, 0.4) is 0 Å². The van der Waals surface area contributed by atoms with Crippen LogP contribution in [-0.4, -0.2) is 50.4 Å². The van der Waals surface area contributed by atoms with Crippen LogP contribution in [0.2, 0.25) is 0 Å². The fourth-order valence-electron chi connectivity index (χ4n) is 1.74. The highest BCUT2D eigenvalue weighted by Gasteiger charge is 2.24. The van der Waals surface area contributed by atoms with Crippen LogP contribution in [0.25, 0.3) is 0 Å². The molecule has 0 radical (unpaired) electrons. The number of nitrogens with two attached hydrogens (primary N) is 1. The van der Waals surface area contributed by atoms with Gasteiger partial charge in [0, 0.05) is 19.3 Å². The summed E-state index contributed by atoms with van der Waals surface area (Å²) in [5.74, 6) is 0.116. The Morgan fingerprint density at radius 3 is 2.90 bits per heavy atom. The van der Waals surface area contributed by atoms with Crippen molar-refractivity contribution in [2.24, 2.45) is 10.1 Å². The third kappa shape index (κ3) is 4.06. The smallest absolute Gasteiger partial charge is 0.256 e. The molecule has 0 aromatic rings. The zero-order valence-electron chi connectivity index (χ0n) is 10.8. The van der Waals surface area contributed by atoms with Gasteiger partial charge in [-0.2, -0.15) is 0 Å². The zero-order valence-corrected chi connectivity index (χ0v) is 12.4. The molecule has 0 aliphatic carbocycles. The highest BCUT2D eigenvalue weighted by Crippen LogP contribution is 2.15. The molecule has 112 valence electrons. The van der Waals surface area contributed by atoms with Crippen LogP contribution >= 0.6 is 12.4 Å². The van der Waals surface area contributed by atoms with Gasteiger partial charge in [-0.3, -0.25) is 4.79 Å². The van der Waals surface area contributed by atoms with Crippen molar-refractivity contribution in [2.75, 3.05) is 25.4 Å². The van der Waals surface area contributed by atoms with Crippen LogP contribution in [0.5, 0.6) is 0 Å². The molecule has 3 N–H and O–H groups in total. The predicted molar refractivity (Wildman–Crippen MR) is 79.1 cm³/mol. The van der Waals surface area contributed by atoms with Crippen molar-refractivity contribution in [2.45, 2.75) is 6.42 Å². The molecule has 7 nitrogen and oxygen atoms in total. The molecule has 1 amide bonds. The first kappa shape index (κ1) is 16.7. The number of nitrogens with zero attached hydrogens (tertiary/aromatic N) is 2. The maximum absolute atomic E-state index is 11.8. The Kier molecular flexibility index (Phi) is 5.73. The minimum atomic E-state index is -3.36. The van der Waals surface area contributed by atoms with Gasteiger partial charge >= 0.3 is 0 Å². The number of nitrogens with one attached hydrogen (secondary N) is 1. The Hall–Kier alpha value is -1.38. The van der Waals surface area contributed by atoms with Crippen LogP contribution in [0, 0.1) is 0 Å². The van der Waals surface area contributed by atoms with E-state index in [-0.39, 0.29) is 24.1 Å². The highest BCUT2D eigenvalue weighted by molar-refractivity contribution is 7.90. The van der Waals surface area contributed by atoms with Gasteiger partial charge in [0.05, 0.1) is 11.3 Å². The normalized spacial score (nSPS) is 19.4. The molecule has 2 rings (SSSR count). The lowest BCUT2D eigenvalue weighted by atomic mass is 10.2. The van der Waals surface area contributed by atoms with E-state index in [1.54, 1.807) is 17.2 Å². The Morgan fingerprint density at radius 2 is 2.20 bits per heavy atom. The number of rotatable bonds is 4. The Bertz CT molecular complexity index is 568. The average molecular weight is 321 g/mol. The lowest BCUT2D eigenvalue weighted by molar-refractivity contribution is -0.117. The number of sulfonamides is 1. The van der Waals surface area contributed by atoms with Crippen molar-refractivity contribution in [3.8, 4) is 0 Å². The monoisotopic (exact) mass is 320 g/mol. The molecule has 20 heavy (non-hydrogen) atoms. The minimum Gasteiger partial charge on any atom is -0.352 e. The van der Waals surface area contributed by atoms with E-state index in [9.17, 15) is 13.2 Å². The molecule has 0 bridgehead atoms. The number of amides is 1. The number of halogens is 1. The van der Waals surface area contributed by atoms with Gasteiger partial charge in [0.1, 0.15) is 5.84 Å². The lowest BCUT2D eigenvalue weighted by Gasteiger charge is -2.26. The highest BCUT2D eigenvalue weighted by atomic mass is 35.5. The molecule has 2 heterocycles. The van der Waals surface area contributed by atoms with Crippen LogP contribution in [0.4, 0.5) is 0 Å². The molecule has 0 aromatic carbocycles. The molecule has 0 spiro atoms. The summed E-state index contributed by atoms with van der Waals surface area (Å²) in [6, 6.07) is 0. The van der Waals surface area contributed by atoms with Crippen molar-refractivity contribution >= 4 is 34.2 Å². The van der Waals surface area contributed by atoms with Gasteiger partial charge in [-0.25, -0.2) is 8.42 Å². The number of hydrogen-bond acceptors (Lipinski definition) is 5. The lowest BCUT2D eigenvalue weighted by Crippen LogP contribution is -2.38. The van der Waals surface area contributed by atoms with Gasteiger partial charge in [-0.1, -0.05) is 0 Å². The number of carbonyl (C=O) groups excluding carboxylic acids is 1. The van der Waals surface area contributed by atoms with E-state index in [1.165, 1.54) is 6.08 Å². The van der Waals surface area contributed by atoms with Crippen molar-refractivity contribution in [3.63, 3.8) is 0 Å². The van der Waals surface area contributed by atoms with Crippen molar-refractivity contribution in [3.05, 3.63) is 23.9 Å². The summed E-state index contributed by atoms with van der Waals surface area (Å²) >= 11 is 0. The first-order chi connectivity index (χ1) is 9.02. The summed E-state index contributed by atoms with van der Waals surface area (Å²) in [6.45, 7) is 1.36. The van der Waals surface area contributed by atoms with E-state index in [0.717, 1.165) is 6.42 Å². The van der Waals surface area contributed by atoms with Crippen LogP contribution in [0.1, 0.15) is 6.42 Å². The van der Waals surface area contributed by atoms with Crippen molar-refractivity contribution < 1.29 is 13.2 Å². The SMILES string of the molecule is Cl.NCCCNC(=O)C1=CN2CCS(=O)(=O)N=C2C=C1. The summed E-state index contributed by atoms with van der Waals surface area (Å²) < 4.78 is 26.3. The Balaban J connectivity index is 0.00000200. The molecule has 0 fully saturated rings. The van der Waals surface area contributed by atoms with Crippen molar-refractivity contribution in [1.29, 1.82) is 0 Å². The Labute approximate surface area is 124 Å². The minimum absolute atomic E-state index is 0. The first-order valence-electron chi connectivity index (χ1n) is 5.99. The fourth-order valence-corrected chi connectivity index (χ4v) is 2.71. The van der Waals surface area contributed by atoms with Gasteiger partial charge in [0.25, 0.3) is 15.9 Å². The maximum atomic E-state index is 11.8. The number of amidine groups is 1. The van der Waals surface area contributed by atoms with E-state index in [0.29, 0.717) is 31.0 Å².